The van der Waals surface area contributed by atoms with Crippen molar-refractivity contribution in [3.8, 4) is 5.95 Å². The van der Waals surface area contributed by atoms with Gasteiger partial charge in [0.15, 0.2) is 0 Å². The van der Waals surface area contributed by atoms with Gasteiger partial charge in [-0.15, -0.1) is 0 Å². The lowest BCUT2D eigenvalue weighted by Crippen LogP contribution is -2.44. The maximum Gasteiger partial charge on any atom is 0.239 e. The van der Waals surface area contributed by atoms with Crippen molar-refractivity contribution in [3.05, 3.63) is 35.8 Å². The van der Waals surface area contributed by atoms with Crippen LogP contribution in [0.4, 0.5) is 16.2 Å². The molecule has 1 fully saturated rings. The summed E-state index contributed by atoms with van der Waals surface area (Å²) in [6.07, 6.45) is 0. The maximum absolute atomic E-state index is 13.8. The van der Waals surface area contributed by atoms with E-state index in [1.807, 2.05) is 6.92 Å². The third-order valence-electron chi connectivity index (χ3n) is 5.88. The van der Waals surface area contributed by atoms with Crippen LogP contribution in [0.1, 0.15) is 26.5 Å². The van der Waals surface area contributed by atoms with Crippen molar-refractivity contribution in [3.63, 3.8) is 0 Å². The highest BCUT2D eigenvalue weighted by molar-refractivity contribution is 7.99. The number of nitrogens with zero attached hydrogens (tertiary/aromatic N) is 5. The number of rotatable bonds is 5. The van der Waals surface area contributed by atoms with Crippen molar-refractivity contribution in [2.45, 2.75) is 31.6 Å². The molecule has 4 rings (SSSR count). The van der Waals surface area contributed by atoms with Crippen molar-refractivity contribution in [2.24, 2.45) is 5.14 Å². The third kappa shape index (κ3) is 3.80. The number of ether oxygens (including phenoxy) is 1. The number of nitrogens with one attached hydrogen (secondary N) is 1. The topological polar surface area (TPSA) is 111 Å². The van der Waals surface area contributed by atoms with Gasteiger partial charge in [0.2, 0.25) is 11.9 Å². The Morgan fingerprint density at radius 2 is 2.06 bits per heavy atom. The van der Waals surface area contributed by atoms with Gasteiger partial charge in [0.25, 0.3) is 0 Å². The molecule has 3 N–H and O–H groups in total. The number of anilines is 2. The number of aromatic nitrogens is 4. The van der Waals surface area contributed by atoms with Gasteiger partial charge in [-0.2, -0.15) is 4.98 Å². The number of nitrogens with two attached hydrogens (primary N) is 1. The molecule has 0 spiro atoms. The van der Waals surface area contributed by atoms with E-state index in [0.717, 1.165) is 0 Å². The van der Waals surface area contributed by atoms with Crippen LogP contribution >= 0.6 is 0 Å². The summed E-state index contributed by atoms with van der Waals surface area (Å²) in [5, 5.41) is 9.00. The van der Waals surface area contributed by atoms with Crippen LogP contribution in [-0.2, 0) is 19.2 Å². The van der Waals surface area contributed by atoms with Crippen LogP contribution in [0.25, 0.3) is 17.0 Å². The molecule has 1 aromatic carbocycles. The predicted octanol–water partition coefficient (Wildman–Crippen LogP) is 2.05. The molecule has 172 valence electrons. The monoisotopic (exact) mass is 461 g/mol. The lowest BCUT2D eigenvalue weighted by molar-refractivity contribution is 0.0985. The molecule has 0 amide bonds. The minimum absolute atomic E-state index is 0.0850. The quantitative estimate of drug-likeness (QED) is 0.560. The van der Waals surface area contributed by atoms with E-state index < -0.39 is 14.5 Å². The van der Waals surface area contributed by atoms with Crippen LogP contribution in [0.3, 0.4) is 0 Å². The van der Waals surface area contributed by atoms with Crippen molar-refractivity contribution in [2.75, 3.05) is 37.0 Å². The Morgan fingerprint density at radius 3 is 2.72 bits per heavy atom. The van der Waals surface area contributed by atoms with E-state index in [1.165, 1.54) is 12.1 Å². The average molecular weight is 462 g/mol. The van der Waals surface area contributed by atoms with Crippen LogP contribution in [-0.4, -0.2) is 62.4 Å². The van der Waals surface area contributed by atoms with E-state index in [-0.39, 0.29) is 11.9 Å². The highest BCUT2D eigenvalue weighted by Crippen LogP contribution is 2.32. The second-order valence-corrected chi connectivity index (χ2v) is 10.9. The number of hydrogen-bond acceptors (Lipinski definition) is 7. The summed E-state index contributed by atoms with van der Waals surface area (Å²) in [5.74, 6) is 4.73. The Labute approximate surface area is 187 Å². The molecule has 32 heavy (non-hydrogen) atoms. The number of benzene rings is 1. The van der Waals surface area contributed by atoms with E-state index in [4.69, 9.17) is 19.8 Å². The Morgan fingerprint density at radius 1 is 1.31 bits per heavy atom. The first-order valence-corrected chi connectivity index (χ1v) is 12.1. The van der Waals surface area contributed by atoms with Crippen LogP contribution in [0.15, 0.2) is 24.3 Å². The Bertz CT molecular complexity index is 1270. The van der Waals surface area contributed by atoms with Crippen molar-refractivity contribution < 1.29 is 13.3 Å². The van der Waals surface area contributed by atoms with Crippen molar-refractivity contribution >= 4 is 38.4 Å². The summed E-state index contributed by atoms with van der Waals surface area (Å²) in [6.45, 7) is 7.33. The van der Waals surface area contributed by atoms with Gasteiger partial charge < -0.3 is 15.0 Å². The minimum Gasteiger partial charge on any atom is -0.377 e. The van der Waals surface area contributed by atoms with Gasteiger partial charge in [-0.05, 0) is 38.8 Å². The zero-order chi connectivity index (χ0) is 23.3. The average Bonchev–Trinajstić information content (AvgIpc) is 3.10. The van der Waals surface area contributed by atoms with Crippen LogP contribution in [0, 0.1) is 5.82 Å². The normalized spacial score (nSPS) is 19.2. The molecule has 2 atom stereocenters. The molecule has 0 saturated carbocycles. The van der Waals surface area contributed by atoms with Gasteiger partial charge in [-0.25, -0.2) is 18.9 Å². The Kier molecular flexibility index (Phi) is 5.60. The molecule has 0 aliphatic carbocycles. The van der Waals surface area contributed by atoms with E-state index in [9.17, 15) is 8.60 Å². The molecule has 0 radical (unpaired) electrons. The van der Waals surface area contributed by atoms with E-state index in [2.05, 4.69) is 21.1 Å². The molecule has 1 unspecified atom stereocenters. The Balaban J connectivity index is 2.00. The van der Waals surface area contributed by atoms with Gasteiger partial charge in [-0.3, -0.25) is 9.35 Å². The molecule has 2 aromatic heterocycles. The lowest BCUT2D eigenvalue weighted by atomic mass is 10.1. The SMILES string of the molecule is C=S(N)(=O)C(C)(C)c1cc(N2CCOC[C@H]2C)nc(-n2c(NC)nc3cc(F)ccc32)n1. The highest BCUT2D eigenvalue weighted by Gasteiger charge is 2.33. The summed E-state index contributed by atoms with van der Waals surface area (Å²) in [7, 11) is -1.27. The molecule has 0 bridgehead atoms. The molecule has 1 saturated heterocycles. The molecule has 3 aromatic rings. The summed E-state index contributed by atoms with van der Waals surface area (Å²) in [5.41, 5.74) is 1.59. The fraction of sp³-hybridized carbons (Fsp3) is 0.429. The standard InChI is InChI=1S/C21H28FN7O2S/c1-13-12-31-9-8-28(13)18-11-17(21(2,3)32(5,23)30)26-20(27-18)29-16-7-6-14(22)10-15(16)25-19(29)24-4/h6-7,10-11,13H,5,8-9,12H2,1-4H3,(H2,23,30)(H,24,25)/t13-,32?/m1/s1. The molecular weight excluding hydrogens is 433 g/mol. The number of morpholine rings is 1. The third-order valence-corrected chi connectivity index (χ3v) is 7.82. The number of hydrogen-bond donors (Lipinski definition) is 2. The second-order valence-electron chi connectivity index (χ2n) is 8.42. The Hall–Kier alpha value is -2.76. The van der Waals surface area contributed by atoms with Crippen LogP contribution in [0.5, 0.6) is 0 Å². The smallest absolute Gasteiger partial charge is 0.239 e. The van der Waals surface area contributed by atoms with Gasteiger partial charge in [0.1, 0.15) is 11.6 Å². The maximum atomic E-state index is 13.8. The van der Waals surface area contributed by atoms with Gasteiger partial charge >= 0.3 is 0 Å². The summed E-state index contributed by atoms with van der Waals surface area (Å²) >= 11 is 0. The zero-order valence-corrected chi connectivity index (χ0v) is 19.4. The molecule has 1 aliphatic rings. The van der Waals surface area contributed by atoms with Crippen LogP contribution < -0.4 is 15.4 Å². The summed E-state index contributed by atoms with van der Waals surface area (Å²) < 4.78 is 32.9. The first kappa shape index (κ1) is 22.4. The predicted molar refractivity (Wildman–Crippen MR) is 126 cm³/mol. The molecular formula is C21H28FN7O2S. The first-order valence-electron chi connectivity index (χ1n) is 10.3. The van der Waals surface area contributed by atoms with Gasteiger partial charge in [-0.1, -0.05) is 0 Å². The van der Waals surface area contributed by atoms with E-state index >= 15 is 0 Å². The van der Waals surface area contributed by atoms with Crippen LogP contribution in [0.2, 0.25) is 0 Å². The number of fused-ring (bicyclic) bond motifs is 1. The zero-order valence-electron chi connectivity index (χ0n) is 18.6. The van der Waals surface area contributed by atoms with Gasteiger partial charge in [0.05, 0.1) is 40.7 Å². The molecule has 11 heteroatoms. The fourth-order valence-corrected chi connectivity index (χ4v) is 4.10. The number of imidazole rings is 1. The molecule has 3 heterocycles. The molecule has 9 nitrogen and oxygen atoms in total. The lowest BCUT2D eigenvalue weighted by Gasteiger charge is -2.35. The number of halogens is 1. The second kappa shape index (κ2) is 7.98. The largest absolute Gasteiger partial charge is 0.377 e. The molecule has 1 aliphatic heterocycles. The van der Waals surface area contributed by atoms with Crippen molar-refractivity contribution in [1.29, 1.82) is 0 Å². The highest BCUT2D eigenvalue weighted by atomic mass is 32.2. The minimum atomic E-state index is -2.99. The van der Waals surface area contributed by atoms with Crippen molar-refractivity contribution in [1.82, 2.24) is 19.5 Å². The van der Waals surface area contributed by atoms with Gasteiger partial charge in [0, 0.05) is 35.4 Å². The summed E-state index contributed by atoms with van der Waals surface area (Å²) in [4.78, 5) is 16.1. The summed E-state index contributed by atoms with van der Waals surface area (Å²) in [6, 6.07) is 6.24. The van der Waals surface area contributed by atoms with E-state index in [0.29, 0.717) is 54.2 Å². The fourth-order valence-electron chi connectivity index (χ4n) is 3.65. The van der Waals surface area contributed by atoms with E-state index in [1.54, 1.807) is 37.6 Å². The first-order chi connectivity index (χ1) is 15.0.